The average molecular weight is 426 g/mol. The Morgan fingerprint density at radius 2 is 1.87 bits per heavy atom. The normalized spacial score (nSPS) is 24.4. The van der Waals surface area contributed by atoms with Gasteiger partial charge in [-0.1, -0.05) is 6.07 Å². The third kappa shape index (κ3) is 4.00. The Labute approximate surface area is 184 Å². The molecule has 1 aliphatic heterocycles. The number of piperazine rings is 1. The smallest absolute Gasteiger partial charge is 0.410 e. The molecule has 0 unspecified atom stereocenters. The Morgan fingerprint density at radius 1 is 1.16 bits per heavy atom. The number of anilines is 1. The van der Waals surface area contributed by atoms with Crippen LogP contribution in [-0.2, 0) is 4.74 Å². The monoisotopic (exact) mass is 425 g/mol. The van der Waals surface area contributed by atoms with Crippen LogP contribution in [0.2, 0.25) is 0 Å². The van der Waals surface area contributed by atoms with Gasteiger partial charge in [-0.25, -0.2) is 4.79 Å². The van der Waals surface area contributed by atoms with Gasteiger partial charge < -0.3 is 20.3 Å². The summed E-state index contributed by atoms with van der Waals surface area (Å²) in [5, 5.41) is 6.47. The first-order valence-electron chi connectivity index (χ1n) is 11.8. The minimum Gasteiger partial charge on any atom is -0.444 e. The van der Waals surface area contributed by atoms with E-state index >= 15 is 0 Å². The standard InChI is InChI=1S/C24H35N5O2/c1-24(2,3)31-23(30)28-11-9-27(10-12-28)19-5-4-6-20-21(19)22(17-7-8-17)26-29(20)18-13-16(14-18)15-25/h4-6,16-18H,7-15,25H2,1-3H3/t16-,18-. The Morgan fingerprint density at radius 3 is 2.48 bits per heavy atom. The summed E-state index contributed by atoms with van der Waals surface area (Å²) in [6, 6.07) is 7.09. The lowest BCUT2D eigenvalue weighted by Gasteiger charge is -2.37. The van der Waals surface area contributed by atoms with E-state index in [-0.39, 0.29) is 6.09 Å². The van der Waals surface area contributed by atoms with Crippen molar-refractivity contribution in [2.24, 2.45) is 11.7 Å². The number of aromatic nitrogens is 2. The number of hydrogen-bond acceptors (Lipinski definition) is 5. The lowest BCUT2D eigenvalue weighted by Crippen LogP contribution is -2.50. The lowest BCUT2D eigenvalue weighted by molar-refractivity contribution is 0.0240. The van der Waals surface area contributed by atoms with Crippen molar-refractivity contribution >= 4 is 22.7 Å². The van der Waals surface area contributed by atoms with Crippen LogP contribution in [0.15, 0.2) is 18.2 Å². The molecule has 3 fully saturated rings. The summed E-state index contributed by atoms with van der Waals surface area (Å²) in [4.78, 5) is 16.7. The maximum atomic E-state index is 12.5. The molecule has 1 aromatic heterocycles. The molecule has 0 atom stereocenters. The van der Waals surface area contributed by atoms with E-state index in [2.05, 4.69) is 27.8 Å². The zero-order chi connectivity index (χ0) is 21.8. The predicted octanol–water partition coefficient (Wildman–Crippen LogP) is 3.88. The van der Waals surface area contributed by atoms with E-state index in [4.69, 9.17) is 15.6 Å². The molecule has 1 saturated heterocycles. The van der Waals surface area contributed by atoms with Crippen LogP contribution in [0.4, 0.5) is 10.5 Å². The molecular formula is C24H35N5O2. The maximum absolute atomic E-state index is 12.5. The van der Waals surface area contributed by atoms with Gasteiger partial charge in [0.15, 0.2) is 0 Å². The van der Waals surface area contributed by atoms with E-state index in [1.54, 1.807) is 0 Å². The molecule has 0 bridgehead atoms. The number of nitrogens with zero attached hydrogens (tertiary/aromatic N) is 4. The van der Waals surface area contributed by atoms with Crippen LogP contribution >= 0.6 is 0 Å². The fraction of sp³-hybridized carbons (Fsp3) is 0.667. The molecule has 2 N–H and O–H groups in total. The molecule has 1 aromatic carbocycles. The summed E-state index contributed by atoms with van der Waals surface area (Å²) in [5.74, 6) is 1.23. The fourth-order valence-corrected chi connectivity index (χ4v) is 4.94. The Balaban J connectivity index is 1.38. The van der Waals surface area contributed by atoms with Gasteiger partial charge in [0.05, 0.1) is 17.3 Å². The van der Waals surface area contributed by atoms with E-state index in [1.165, 1.54) is 35.1 Å². The molecule has 7 heteroatoms. The number of fused-ring (bicyclic) bond motifs is 1. The van der Waals surface area contributed by atoms with Gasteiger partial charge in [0.25, 0.3) is 0 Å². The maximum Gasteiger partial charge on any atom is 0.410 e. The van der Waals surface area contributed by atoms with E-state index in [9.17, 15) is 4.79 Å². The van der Waals surface area contributed by atoms with Gasteiger partial charge in [0.1, 0.15) is 5.60 Å². The SMILES string of the molecule is CC(C)(C)OC(=O)N1CCN(c2cccc3c2c(C2CC2)nn3[C@H]2C[C@H](CN)C2)CC1. The largest absolute Gasteiger partial charge is 0.444 e. The van der Waals surface area contributed by atoms with Crippen LogP contribution < -0.4 is 10.6 Å². The summed E-state index contributed by atoms with van der Waals surface area (Å²) >= 11 is 0. The van der Waals surface area contributed by atoms with Gasteiger partial charge in [0.2, 0.25) is 0 Å². The van der Waals surface area contributed by atoms with Crippen LogP contribution in [0, 0.1) is 5.92 Å². The molecular weight excluding hydrogens is 390 g/mol. The van der Waals surface area contributed by atoms with Crippen LogP contribution in [-0.4, -0.2) is 59.1 Å². The Kier molecular flexibility index (Phi) is 5.12. The van der Waals surface area contributed by atoms with Crippen molar-refractivity contribution in [3.8, 4) is 0 Å². The van der Waals surface area contributed by atoms with E-state index in [0.717, 1.165) is 32.5 Å². The molecule has 168 valence electrons. The highest BCUT2D eigenvalue weighted by molar-refractivity contribution is 5.95. The first-order valence-corrected chi connectivity index (χ1v) is 11.8. The Bertz CT molecular complexity index is 960. The zero-order valence-corrected chi connectivity index (χ0v) is 19.0. The summed E-state index contributed by atoms with van der Waals surface area (Å²) in [7, 11) is 0. The van der Waals surface area contributed by atoms with Crippen molar-refractivity contribution in [2.45, 2.75) is 64.0 Å². The molecule has 3 aliphatic rings. The third-order valence-electron chi connectivity index (χ3n) is 6.87. The van der Waals surface area contributed by atoms with Crippen LogP contribution in [0.1, 0.15) is 64.1 Å². The summed E-state index contributed by atoms with van der Waals surface area (Å²) in [5.41, 5.74) is 9.21. The summed E-state index contributed by atoms with van der Waals surface area (Å²) in [6.07, 6.45) is 4.54. The molecule has 1 amide bonds. The van der Waals surface area contributed by atoms with Crippen molar-refractivity contribution in [2.75, 3.05) is 37.6 Å². The van der Waals surface area contributed by atoms with Gasteiger partial charge in [-0.15, -0.1) is 0 Å². The van der Waals surface area contributed by atoms with Gasteiger partial charge in [-0.3, -0.25) is 4.68 Å². The van der Waals surface area contributed by atoms with Crippen molar-refractivity contribution in [1.82, 2.24) is 14.7 Å². The van der Waals surface area contributed by atoms with Crippen LogP contribution in [0.25, 0.3) is 10.9 Å². The number of nitrogens with two attached hydrogens (primary N) is 1. The molecule has 2 aliphatic carbocycles. The highest BCUT2D eigenvalue weighted by atomic mass is 16.6. The number of ether oxygens (including phenoxy) is 1. The second-order valence-corrected chi connectivity index (χ2v) is 10.5. The highest BCUT2D eigenvalue weighted by Crippen LogP contribution is 2.47. The predicted molar refractivity (Wildman–Crippen MR) is 123 cm³/mol. The van der Waals surface area contributed by atoms with E-state index in [0.29, 0.717) is 31.0 Å². The molecule has 5 rings (SSSR count). The molecule has 2 heterocycles. The molecule has 2 saturated carbocycles. The minimum atomic E-state index is -0.460. The fourth-order valence-electron chi connectivity index (χ4n) is 4.94. The molecule has 7 nitrogen and oxygen atoms in total. The van der Waals surface area contributed by atoms with Crippen molar-refractivity contribution in [3.05, 3.63) is 23.9 Å². The third-order valence-corrected chi connectivity index (χ3v) is 6.87. The lowest BCUT2D eigenvalue weighted by atomic mass is 9.80. The van der Waals surface area contributed by atoms with Gasteiger partial charge >= 0.3 is 6.09 Å². The molecule has 0 radical (unpaired) electrons. The number of hydrogen-bond donors (Lipinski definition) is 1. The number of rotatable bonds is 4. The van der Waals surface area contributed by atoms with Crippen LogP contribution in [0.3, 0.4) is 0 Å². The van der Waals surface area contributed by atoms with Crippen molar-refractivity contribution in [1.29, 1.82) is 0 Å². The molecule has 2 aromatic rings. The van der Waals surface area contributed by atoms with Gasteiger partial charge in [-0.05, 0) is 71.0 Å². The number of benzene rings is 1. The number of carbonyl (C=O) groups excluding carboxylic acids is 1. The first kappa shape index (κ1) is 20.6. The number of amides is 1. The highest BCUT2D eigenvalue weighted by Gasteiger charge is 2.36. The quantitative estimate of drug-likeness (QED) is 0.804. The number of carbonyl (C=O) groups is 1. The van der Waals surface area contributed by atoms with Gasteiger partial charge in [0, 0.05) is 43.2 Å². The van der Waals surface area contributed by atoms with E-state index < -0.39 is 5.60 Å². The van der Waals surface area contributed by atoms with Crippen molar-refractivity contribution in [3.63, 3.8) is 0 Å². The Hall–Kier alpha value is -2.28. The zero-order valence-electron chi connectivity index (χ0n) is 19.0. The second-order valence-electron chi connectivity index (χ2n) is 10.5. The van der Waals surface area contributed by atoms with Gasteiger partial charge in [-0.2, -0.15) is 5.10 Å². The van der Waals surface area contributed by atoms with E-state index in [1.807, 2.05) is 25.7 Å². The van der Waals surface area contributed by atoms with Crippen LogP contribution in [0.5, 0.6) is 0 Å². The summed E-state index contributed by atoms with van der Waals surface area (Å²) < 4.78 is 7.85. The average Bonchev–Trinajstić information content (AvgIpc) is 3.47. The second kappa shape index (κ2) is 7.69. The minimum absolute atomic E-state index is 0.212. The first-order chi connectivity index (χ1) is 14.8. The summed E-state index contributed by atoms with van der Waals surface area (Å²) in [6.45, 7) is 9.50. The van der Waals surface area contributed by atoms with Crippen molar-refractivity contribution < 1.29 is 9.53 Å². The topological polar surface area (TPSA) is 76.6 Å². The molecule has 31 heavy (non-hydrogen) atoms. The molecule has 0 spiro atoms.